The van der Waals surface area contributed by atoms with Crippen molar-refractivity contribution in [1.82, 2.24) is 24.4 Å². The molecule has 5 rings (SSSR count). The van der Waals surface area contributed by atoms with Gasteiger partial charge in [0.15, 0.2) is 5.65 Å². The Morgan fingerprint density at radius 2 is 1.83 bits per heavy atom. The van der Waals surface area contributed by atoms with E-state index < -0.39 is 17.6 Å². The van der Waals surface area contributed by atoms with Crippen LogP contribution in [0.15, 0.2) is 79.4 Å². The predicted molar refractivity (Wildman–Crippen MR) is 124 cm³/mol. The number of carbonyl (C=O) groups is 1. The second kappa shape index (κ2) is 8.71. The van der Waals surface area contributed by atoms with Crippen molar-refractivity contribution in [3.63, 3.8) is 0 Å². The van der Waals surface area contributed by atoms with E-state index in [-0.39, 0.29) is 12.1 Å². The molecule has 0 aliphatic heterocycles. The highest BCUT2D eigenvalue weighted by Crippen LogP contribution is 2.29. The van der Waals surface area contributed by atoms with Crippen LogP contribution < -0.4 is 5.32 Å². The van der Waals surface area contributed by atoms with E-state index in [0.29, 0.717) is 16.9 Å². The molecule has 0 aliphatic rings. The van der Waals surface area contributed by atoms with Gasteiger partial charge in [-0.2, -0.15) is 23.4 Å². The van der Waals surface area contributed by atoms with Gasteiger partial charge in [0.1, 0.15) is 5.56 Å². The van der Waals surface area contributed by atoms with Gasteiger partial charge in [-0.15, -0.1) is 0 Å². The van der Waals surface area contributed by atoms with Crippen LogP contribution in [0.25, 0.3) is 16.9 Å². The van der Waals surface area contributed by atoms with Crippen molar-refractivity contribution < 1.29 is 18.0 Å². The number of aryl methyl sites for hydroxylation is 1. The lowest BCUT2D eigenvalue weighted by atomic mass is 10.1. The van der Waals surface area contributed by atoms with Crippen LogP contribution in [0, 0.1) is 6.92 Å². The van der Waals surface area contributed by atoms with E-state index in [1.54, 1.807) is 23.0 Å². The molecule has 0 aliphatic carbocycles. The van der Waals surface area contributed by atoms with Gasteiger partial charge in [-0.3, -0.25) is 9.48 Å². The lowest BCUT2D eigenvalue weighted by Gasteiger charge is -2.08. The minimum atomic E-state index is -4.42. The number of nitrogens with zero attached hydrogens (tertiary/aromatic N) is 5. The van der Waals surface area contributed by atoms with Crippen molar-refractivity contribution in [2.75, 3.05) is 5.32 Å². The molecule has 5 aromatic rings. The summed E-state index contributed by atoms with van der Waals surface area (Å²) < 4.78 is 41.9. The highest BCUT2D eigenvalue weighted by Gasteiger charge is 2.30. The van der Waals surface area contributed by atoms with E-state index in [1.165, 1.54) is 23.1 Å². The van der Waals surface area contributed by atoms with Gasteiger partial charge in [0, 0.05) is 18.0 Å². The van der Waals surface area contributed by atoms with Crippen LogP contribution in [0.3, 0.4) is 0 Å². The monoisotopic (exact) mass is 476 g/mol. The van der Waals surface area contributed by atoms with E-state index >= 15 is 0 Å². The normalized spacial score (nSPS) is 11.7. The molecule has 1 N–H and O–H groups in total. The molecule has 3 heterocycles. The lowest BCUT2D eigenvalue weighted by Crippen LogP contribution is -2.12. The Kier molecular flexibility index (Phi) is 5.56. The molecule has 0 fully saturated rings. The Morgan fingerprint density at radius 1 is 1.03 bits per heavy atom. The summed E-state index contributed by atoms with van der Waals surface area (Å²) in [5.74, 6) is -0.424. The van der Waals surface area contributed by atoms with Crippen molar-refractivity contribution in [1.29, 1.82) is 0 Å². The predicted octanol–water partition coefficient (Wildman–Crippen LogP) is 5.22. The average molecular weight is 476 g/mol. The third-order valence-corrected chi connectivity index (χ3v) is 5.48. The Bertz CT molecular complexity index is 1520. The molecular formula is C25H19F3N6O. The molecule has 0 unspecified atom stereocenters. The smallest absolute Gasteiger partial charge is 0.319 e. The summed E-state index contributed by atoms with van der Waals surface area (Å²) in [7, 11) is 0. The first-order chi connectivity index (χ1) is 16.8. The van der Waals surface area contributed by atoms with Gasteiger partial charge in [0.25, 0.3) is 5.91 Å². The number of amides is 1. The van der Waals surface area contributed by atoms with Crippen molar-refractivity contribution in [2.45, 2.75) is 19.6 Å². The van der Waals surface area contributed by atoms with Crippen LogP contribution in [0.1, 0.15) is 27.0 Å². The molecule has 0 bridgehead atoms. The molecule has 3 aromatic heterocycles. The molecule has 1 amide bonds. The van der Waals surface area contributed by atoms with Crippen molar-refractivity contribution in [3.8, 4) is 11.3 Å². The number of benzene rings is 2. The summed E-state index contributed by atoms with van der Waals surface area (Å²) in [6.07, 6.45) is 1.64. The molecule has 10 heteroatoms. The fourth-order valence-electron chi connectivity index (χ4n) is 3.74. The van der Waals surface area contributed by atoms with Crippen LogP contribution in [-0.2, 0) is 12.7 Å². The number of carbonyl (C=O) groups excluding carboxylic acids is 1. The molecule has 7 nitrogen and oxygen atoms in total. The number of nitrogens with one attached hydrogen (secondary N) is 1. The highest BCUT2D eigenvalue weighted by molar-refractivity contribution is 6.08. The number of alkyl halides is 3. The number of fused-ring (bicyclic) bond motifs is 1. The highest BCUT2D eigenvalue weighted by atomic mass is 19.4. The molecule has 0 spiro atoms. The van der Waals surface area contributed by atoms with Crippen LogP contribution in [0.4, 0.5) is 18.9 Å². The molecule has 0 saturated carbocycles. The lowest BCUT2D eigenvalue weighted by molar-refractivity contribution is -0.137. The zero-order chi connectivity index (χ0) is 24.6. The van der Waals surface area contributed by atoms with E-state index in [9.17, 15) is 18.0 Å². The van der Waals surface area contributed by atoms with Gasteiger partial charge in [-0.25, -0.2) is 9.50 Å². The minimum absolute atomic E-state index is 0.123. The number of halogens is 3. The van der Waals surface area contributed by atoms with Crippen LogP contribution in [0.2, 0.25) is 0 Å². The number of hydrogen-bond donors (Lipinski definition) is 1. The molecule has 35 heavy (non-hydrogen) atoms. The Labute approximate surface area is 197 Å². The Hall–Kier alpha value is -4.47. The van der Waals surface area contributed by atoms with E-state index in [1.807, 2.05) is 37.3 Å². The summed E-state index contributed by atoms with van der Waals surface area (Å²) in [6.45, 7) is 2.13. The second-order valence-electron chi connectivity index (χ2n) is 8.07. The summed E-state index contributed by atoms with van der Waals surface area (Å²) >= 11 is 0. The SMILES string of the molecule is Cc1ccc(-c2ccnc3c(C(=O)Nc4cnn(Cc5cccc(C(F)(F)F)c5)c4)cnn23)cc1. The second-order valence-corrected chi connectivity index (χ2v) is 8.07. The van der Waals surface area contributed by atoms with Crippen molar-refractivity contribution >= 4 is 17.2 Å². The third-order valence-electron chi connectivity index (χ3n) is 5.48. The van der Waals surface area contributed by atoms with Gasteiger partial charge >= 0.3 is 6.18 Å². The maximum Gasteiger partial charge on any atom is 0.416 e. The van der Waals surface area contributed by atoms with Gasteiger partial charge in [0.05, 0.1) is 35.9 Å². The summed E-state index contributed by atoms with van der Waals surface area (Å²) in [5, 5.41) is 11.2. The largest absolute Gasteiger partial charge is 0.416 e. The molecular weight excluding hydrogens is 457 g/mol. The first-order valence-electron chi connectivity index (χ1n) is 10.7. The first-order valence-corrected chi connectivity index (χ1v) is 10.7. The number of anilines is 1. The van der Waals surface area contributed by atoms with Crippen LogP contribution in [-0.4, -0.2) is 30.3 Å². The van der Waals surface area contributed by atoms with Crippen LogP contribution in [0.5, 0.6) is 0 Å². The van der Waals surface area contributed by atoms with Crippen LogP contribution >= 0.6 is 0 Å². The summed E-state index contributed by atoms with van der Waals surface area (Å²) in [6, 6.07) is 14.8. The summed E-state index contributed by atoms with van der Waals surface area (Å²) in [4.78, 5) is 17.3. The molecule has 0 saturated heterocycles. The van der Waals surface area contributed by atoms with E-state index in [0.717, 1.165) is 29.0 Å². The quantitative estimate of drug-likeness (QED) is 0.377. The molecule has 0 radical (unpaired) electrons. The molecule has 2 aromatic carbocycles. The topological polar surface area (TPSA) is 77.1 Å². The van der Waals surface area contributed by atoms with E-state index in [2.05, 4.69) is 20.5 Å². The Morgan fingerprint density at radius 3 is 2.60 bits per heavy atom. The standard InChI is InChI=1S/C25H19F3N6O/c1-16-5-7-18(8-6-16)22-9-10-29-23-21(13-31-34(22)23)24(35)32-20-12-30-33(15-20)14-17-3-2-4-19(11-17)25(26,27)28/h2-13,15H,14H2,1H3,(H,32,35). The Balaban J connectivity index is 1.34. The average Bonchev–Trinajstić information content (AvgIpc) is 3.46. The maximum atomic E-state index is 13.0. The third kappa shape index (κ3) is 4.63. The zero-order valence-electron chi connectivity index (χ0n) is 18.5. The minimum Gasteiger partial charge on any atom is -0.319 e. The number of aromatic nitrogens is 5. The molecule has 176 valence electrons. The van der Waals surface area contributed by atoms with E-state index in [4.69, 9.17) is 0 Å². The summed E-state index contributed by atoms with van der Waals surface area (Å²) in [5.41, 5.74) is 3.67. The van der Waals surface area contributed by atoms with Gasteiger partial charge in [-0.05, 0) is 30.7 Å². The molecule has 0 atom stereocenters. The van der Waals surface area contributed by atoms with Gasteiger partial charge in [-0.1, -0.05) is 42.0 Å². The van der Waals surface area contributed by atoms with Gasteiger partial charge < -0.3 is 5.32 Å². The fourth-order valence-corrected chi connectivity index (χ4v) is 3.74. The number of rotatable bonds is 5. The maximum absolute atomic E-state index is 13.0. The fraction of sp³-hybridized carbons (Fsp3) is 0.120. The number of hydrogen-bond acceptors (Lipinski definition) is 4. The first kappa shape index (κ1) is 22.3. The van der Waals surface area contributed by atoms with Gasteiger partial charge in [0.2, 0.25) is 0 Å². The van der Waals surface area contributed by atoms with Crippen molar-refractivity contribution in [3.05, 3.63) is 102 Å². The van der Waals surface area contributed by atoms with Crippen molar-refractivity contribution in [2.24, 2.45) is 0 Å². The zero-order valence-corrected chi connectivity index (χ0v) is 18.5.